The van der Waals surface area contributed by atoms with Gasteiger partial charge in [0.1, 0.15) is 17.2 Å². The van der Waals surface area contributed by atoms with Crippen molar-refractivity contribution in [2.45, 2.75) is 6.18 Å². The Balaban J connectivity index is 1.55. The minimum Gasteiger partial charge on any atom is -0.494 e. The molecule has 9 nitrogen and oxygen atoms in total. The minimum absolute atomic E-state index is 0.284. The van der Waals surface area contributed by atoms with E-state index in [2.05, 4.69) is 32.1 Å². The van der Waals surface area contributed by atoms with Gasteiger partial charge in [-0.3, -0.25) is 4.79 Å². The number of nitrogens with one attached hydrogen (secondary N) is 2. The lowest BCUT2D eigenvalue weighted by molar-refractivity contribution is -0.137. The summed E-state index contributed by atoms with van der Waals surface area (Å²) in [6.07, 6.45) is -1.60. The quantitative estimate of drug-likeness (QED) is 0.170. The first-order valence-corrected chi connectivity index (χ1v) is 13.5. The van der Waals surface area contributed by atoms with E-state index in [1.165, 1.54) is 18.2 Å². The fourth-order valence-corrected chi connectivity index (χ4v) is 4.15. The minimum atomic E-state index is -4.41. The molecule has 0 aliphatic heterocycles. The third kappa shape index (κ3) is 8.26. The van der Waals surface area contributed by atoms with Crippen LogP contribution in [0.5, 0.6) is 17.2 Å². The fraction of sp³-hybridized carbons (Fsp3) is 0.219. The van der Waals surface area contributed by atoms with Crippen molar-refractivity contribution in [2.24, 2.45) is 0 Å². The third-order valence-electron chi connectivity index (χ3n) is 6.52. The molecule has 12 heteroatoms. The van der Waals surface area contributed by atoms with E-state index < -0.39 is 11.7 Å². The van der Waals surface area contributed by atoms with Gasteiger partial charge in [-0.05, 0) is 80.8 Å². The van der Waals surface area contributed by atoms with Gasteiger partial charge in [0.15, 0.2) is 0 Å². The highest BCUT2D eigenvalue weighted by atomic mass is 19.4. The number of methoxy groups -OCH3 is 1. The Kier molecular flexibility index (Phi) is 10.1. The Labute approximate surface area is 254 Å². The van der Waals surface area contributed by atoms with Crippen LogP contribution in [0.1, 0.15) is 5.56 Å². The highest BCUT2D eigenvalue weighted by molar-refractivity contribution is 6.02. The number of carbonyl (C=O) groups excluding carboxylic acids is 1. The molecular weight excluding hydrogens is 573 g/mol. The van der Waals surface area contributed by atoms with Crippen LogP contribution in [0, 0.1) is 0 Å². The van der Waals surface area contributed by atoms with E-state index in [0.29, 0.717) is 41.1 Å². The molecule has 44 heavy (non-hydrogen) atoms. The van der Waals surface area contributed by atoms with Gasteiger partial charge in [-0.2, -0.15) is 13.2 Å². The van der Waals surface area contributed by atoms with Crippen molar-refractivity contribution < 1.29 is 27.4 Å². The summed E-state index contributed by atoms with van der Waals surface area (Å²) in [5.41, 5.74) is 2.49. The molecule has 0 saturated carbocycles. The molecular formula is C32H33F3N6O3. The monoisotopic (exact) mass is 606 g/mol. The molecule has 0 aliphatic carbocycles. The number of benzene rings is 3. The number of rotatable bonds is 12. The number of carbonyl (C=O) groups is 1. The first kappa shape index (κ1) is 31.8. The molecule has 0 unspecified atom stereocenters. The van der Waals surface area contributed by atoms with Gasteiger partial charge in [-0.25, -0.2) is 9.97 Å². The van der Waals surface area contributed by atoms with Gasteiger partial charge in [-0.1, -0.05) is 6.58 Å². The van der Waals surface area contributed by atoms with Crippen LogP contribution in [0.25, 0.3) is 11.3 Å². The second-order valence-corrected chi connectivity index (χ2v) is 10.0. The average molecular weight is 607 g/mol. The van der Waals surface area contributed by atoms with E-state index >= 15 is 0 Å². The first-order chi connectivity index (χ1) is 21.0. The van der Waals surface area contributed by atoms with Gasteiger partial charge < -0.3 is 29.9 Å². The van der Waals surface area contributed by atoms with Crippen molar-refractivity contribution in [3.8, 4) is 28.5 Å². The molecule has 0 radical (unpaired) electrons. The molecule has 4 rings (SSSR count). The largest absolute Gasteiger partial charge is 0.494 e. The summed E-state index contributed by atoms with van der Waals surface area (Å²) in [6.45, 7) is 5.06. The number of anilines is 4. The number of hydrogen-bond donors (Lipinski definition) is 2. The standard InChI is InChI=1S/C32H33F3N6O3/c1-6-30(42)37-26-19-27(29(43-5)20-28(26)41(4)18-17-40(2)3)39-31-36-16-15-25(38-31)21-7-11-23(12-8-21)44-24-13-9-22(10-14-24)32(33,34)35/h6-16,19-20H,1,17-18H2,2-5H3,(H,37,42)(H,36,38,39). The lowest BCUT2D eigenvalue weighted by Gasteiger charge is -2.26. The van der Waals surface area contributed by atoms with Crippen LogP contribution < -0.4 is 25.0 Å². The average Bonchev–Trinajstić information content (AvgIpc) is 3.00. The number of alkyl halides is 3. The predicted octanol–water partition coefficient (Wildman–Crippen LogP) is 6.83. The summed E-state index contributed by atoms with van der Waals surface area (Å²) in [5.74, 6) is 1.20. The lowest BCUT2D eigenvalue weighted by atomic mass is 10.1. The Hall–Kier alpha value is -5.10. The van der Waals surface area contributed by atoms with E-state index in [1.807, 2.05) is 32.1 Å². The Morgan fingerprint density at radius 2 is 1.61 bits per heavy atom. The first-order valence-electron chi connectivity index (χ1n) is 13.5. The van der Waals surface area contributed by atoms with Crippen LogP contribution in [0.2, 0.25) is 0 Å². The van der Waals surface area contributed by atoms with Crippen molar-refractivity contribution in [3.05, 3.63) is 91.1 Å². The maximum atomic E-state index is 12.8. The fourth-order valence-electron chi connectivity index (χ4n) is 4.15. The summed E-state index contributed by atoms with van der Waals surface area (Å²) in [7, 11) is 7.46. The van der Waals surface area contributed by atoms with Crippen molar-refractivity contribution in [3.63, 3.8) is 0 Å². The van der Waals surface area contributed by atoms with Crippen molar-refractivity contribution in [1.29, 1.82) is 0 Å². The zero-order valence-corrected chi connectivity index (χ0v) is 24.8. The molecule has 0 fully saturated rings. The van der Waals surface area contributed by atoms with Crippen molar-refractivity contribution >= 4 is 28.9 Å². The maximum absolute atomic E-state index is 12.8. The van der Waals surface area contributed by atoms with E-state index in [4.69, 9.17) is 9.47 Å². The van der Waals surface area contributed by atoms with E-state index in [9.17, 15) is 18.0 Å². The van der Waals surface area contributed by atoms with Gasteiger partial charge >= 0.3 is 6.18 Å². The van der Waals surface area contributed by atoms with Gasteiger partial charge in [0.2, 0.25) is 11.9 Å². The van der Waals surface area contributed by atoms with Crippen LogP contribution in [-0.2, 0) is 11.0 Å². The summed E-state index contributed by atoms with van der Waals surface area (Å²) < 4.78 is 49.8. The maximum Gasteiger partial charge on any atom is 0.416 e. The molecule has 3 aromatic carbocycles. The van der Waals surface area contributed by atoms with E-state index in [1.54, 1.807) is 49.7 Å². The van der Waals surface area contributed by atoms with Crippen LogP contribution in [0.3, 0.4) is 0 Å². The van der Waals surface area contributed by atoms with Crippen molar-refractivity contribution in [1.82, 2.24) is 14.9 Å². The van der Waals surface area contributed by atoms with Gasteiger partial charge in [-0.15, -0.1) is 0 Å². The number of amides is 1. The molecule has 0 spiro atoms. The molecule has 0 atom stereocenters. The number of aromatic nitrogens is 2. The van der Waals surface area contributed by atoms with Gasteiger partial charge in [0.05, 0.1) is 35.4 Å². The number of hydrogen-bond acceptors (Lipinski definition) is 8. The number of nitrogens with zero attached hydrogens (tertiary/aromatic N) is 4. The molecule has 4 aromatic rings. The highest BCUT2D eigenvalue weighted by Gasteiger charge is 2.30. The van der Waals surface area contributed by atoms with Crippen LogP contribution >= 0.6 is 0 Å². The zero-order chi connectivity index (χ0) is 31.9. The van der Waals surface area contributed by atoms with Gasteiger partial charge in [0, 0.05) is 38.0 Å². The topological polar surface area (TPSA) is 91.8 Å². The molecule has 1 aromatic heterocycles. The third-order valence-corrected chi connectivity index (χ3v) is 6.52. The smallest absolute Gasteiger partial charge is 0.416 e. The van der Waals surface area contributed by atoms with Crippen LogP contribution in [0.4, 0.5) is 36.2 Å². The van der Waals surface area contributed by atoms with Crippen molar-refractivity contribution in [2.75, 3.05) is 56.9 Å². The summed E-state index contributed by atoms with van der Waals surface area (Å²) in [4.78, 5) is 25.3. The second kappa shape index (κ2) is 13.9. The van der Waals surface area contributed by atoms with Crippen LogP contribution in [-0.4, -0.2) is 62.1 Å². The normalized spacial score (nSPS) is 11.2. The molecule has 230 valence electrons. The number of halogens is 3. The Morgan fingerprint density at radius 3 is 2.20 bits per heavy atom. The second-order valence-electron chi connectivity index (χ2n) is 10.0. The summed E-state index contributed by atoms with van der Waals surface area (Å²) in [6, 6.07) is 16.8. The zero-order valence-electron chi connectivity index (χ0n) is 24.8. The van der Waals surface area contributed by atoms with E-state index in [0.717, 1.165) is 29.9 Å². The van der Waals surface area contributed by atoms with Crippen LogP contribution in [0.15, 0.2) is 85.6 Å². The Bertz CT molecular complexity index is 1590. The molecule has 1 amide bonds. The lowest BCUT2D eigenvalue weighted by Crippen LogP contribution is -2.29. The Morgan fingerprint density at radius 1 is 0.955 bits per heavy atom. The molecule has 0 aliphatic rings. The predicted molar refractivity (Wildman–Crippen MR) is 166 cm³/mol. The molecule has 2 N–H and O–H groups in total. The highest BCUT2D eigenvalue weighted by Crippen LogP contribution is 2.38. The van der Waals surface area contributed by atoms with E-state index in [-0.39, 0.29) is 11.7 Å². The summed E-state index contributed by atoms with van der Waals surface area (Å²) in [5, 5.41) is 6.05. The molecule has 0 saturated heterocycles. The van der Waals surface area contributed by atoms with Gasteiger partial charge in [0.25, 0.3) is 0 Å². The SMILES string of the molecule is C=CC(=O)Nc1cc(Nc2nccc(-c3ccc(Oc4ccc(C(F)(F)F)cc4)cc3)n2)c(OC)cc1N(C)CCN(C)C. The number of ether oxygens (including phenoxy) is 2. The molecule has 1 heterocycles. The number of likely N-dealkylation sites (N-methyl/N-ethyl adjacent to an activating group) is 2. The summed E-state index contributed by atoms with van der Waals surface area (Å²) >= 11 is 0. The molecule has 0 bridgehead atoms.